The molecule has 0 aliphatic heterocycles. The highest BCUT2D eigenvalue weighted by atomic mass is 16.5. The number of nitrogens with zero attached hydrogens (tertiary/aromatic N) is 4. The van der Waals surface area contributed by atoms with E-state index < -0.39 is 5.97 Å². The lowest BCUT2D eigenvalue weighted by Gasteiger charge is -2.25. The van der Waals surface area contributed by atoms with Gasteiger partial charge in [-0.1, -0.05) is 5.21 Å². The van der Waals surface area contributed by atoms with E-state index in [9.17, 15) is 9.59 Å². The summed E-state index contributed by atoms with van der Waals surface area (Å²) in [5.41, 5.74) is 2.02. The predicted octanol–water partition coefficient (Wildman–Crippen LogP) is 1.47. The minimum atomic E-state index is -0.444. The molecule has 22 heavy (non-hydrogen) atoms. The summed E-state index contributed by atoms with van der Waals surface area (Å²) in [5, 5.41) is 8.09. The molecule has 2 rings (SSSR count). The molecule has 7 heteroatoms. The number of methoxy groups -OCH3 is 1. The molecule has 0 aliphatic rings. The Morgan fingerprint density at radius 1 is 1.36 bits per heavy atom. The molecule has 0 fully saturated rings. The van der Waals surface area contributed by atoms with E-state index in [1.807, 2.05) is 26.8 Å². The Labute approximate surface area is 128 Å². The number of ether oxygens (including phenoxy) is 1. The number of hydrogen-bond acceptors (Lipinski definition) is 5. The Kier molecular flexibility index (Phi) is 4.75. The Morgan fingerprint density at radius 3 is 2.68 bits per heavy atom. The highest BCUT2D eigenvalue weighted by molar-refractivity contribution is 5.98. The lowest BCUT2D eigenvalue weighted by molar-refractivity contribution is -0.141. The van der Waals surface area contributed by atoms with Crippen LogP contribution in [0.5, 0.6) is 0 Å². The van der Waals surface area contributed by atoms with E-state index in [0.29, 0.717) is 17.6 Å². The van der Waals surface area contributed by atoms with Crippen molar-refractivity contribution in [3.8, 4) is 0 Å². The predicted molar refractivity (Wildman–Crippen MR) is 81.4 cm³/mol. The second-order valence-corrected chi connectivity index (χ2v) is 5.21. The highest BCUT2D eigenvalue weighted by Gasteiger charge is 2.22. The first-order chi connectivity index (χ1) is 10.5. The Balaban J connectivity index is 2.32. The van der Waals surface area contributed by atoms with E-state index in [-0.39, 0.29) is 18.5 Å². The first-order valence-corrected chi connectivity index (χ1v) is 7.19. The number of esters is 1. The van der Waals surface area contributed by atoms with Gasteiger partial charge in [-0.2, -0.15) is 0 Å². The average Bonchev–Trinajstić information content (AvgIpc) is 2.93. The number of aromatic nitrogens is 3. The second kappa shape index (κ2) is 6.55. The van der Waals surface area contributed by atoms with Crippen molar-refractivity contribution in [3.05, 3.63) is 23.8 Å². The van der Waals surface area contributed by atoms with Crippen molar-refractivity contribution in [2.45, 2.75) is 33.4 Å². The molecule has 0 bridgehead atoms. The van der Waals surface area contributed by atoms with Gasteiger partial charge in [-0.05, 0) is 39.0 Å². The van der Waals surface area contributed by atoms with E-state index in [1.165, 1.54) is 12.0 Å². The van der Waals surface area contributed by atoms with Crippen molar-refractivity contribution < 1.29 is 14.3 Å². The first-order valence-electron chi connectivity index (χ1n) is 7.19. The first kappa shape index (κ1) is 15.9. The van der Waals surface area contributed by atoms with Crippen LogP contribution in [-0.4, -0.2) is 51.5 Å². The molecule has 7 nitrogen and oxygen atoms in total. The Morgan fingerprint density at radius 2 is 2.09 bits per heavy atom. The number of aryl methyl sites for hydroxylation is 1. The molecule has 1 aromatic carbocycles. The van der Waals surface area contributed by atoms with Gasteiger partial charge in [-0.15, -0.1) is 5.10 Å². The van der Waals surface area contributed by atoms with Crippen LogP contribution in [0.3, 0.4) is 0 Å². The van der Waals surface area contributed by atoms with Crippen molar-refractivity contribution in [2.75, 3.05) is 13.7 Å². The number of rotatable bonds is 5. The number of hydrogen-bond donors (Lipinski definition) is 0. The summed E-state index contributed by atoms with van der Waals surface area (Å²) in [6.45, 7) is 6.32. The van der Waals surface area contributed by atoms with Crippen LogP contribution in [-0.2, 0) is 16.1 Å². The monoisotopic (exact) mass is 304 g/mol. The highest BCUT2D eigenvalue weighted by Crippen LogP contribution is 2.16. The van der Waals surface area contributed by atoms with Gasteiger partial charge in [-0.25, -0.2) is 4.68 Å². The summed E-state index contributed by atoms with van der Waals surface area (Å²) in [4.78, 5) is 25.6. The van der Waals surface area contributed by atoms with Gasteiger partial charge in [0.05, 0.1) is 12.6 Å². The summed E-state index contributed by atoms with van der Waals surface area (Å²) in [6.07, 6.45) is 0. The van der Waals surface area contributed by atoms with E-state index in [4.69, 9.17) is 0 Å². The number of carbonyl (C=O) groups excluding carboxylic acids is 2. The molecular weight excluding hydrogens is 284 g/mol. The summed E-state index contributed by atoms with van der Waals surface area (Å²) < 4.78 is 6.41. The SMILES string of the molecule is CCn1nnc2cc(C(=O)N(CC(=O)OC)C(C)C)ccc21. The fourth-order valence-electron chi connectivity index (χ4n) is 2.20. The Hall–Kier alpha value is -2.44. The van der Waals surface area contributed by atoms with Crippen LogP contribution in [0.4, 0.5) is 0 Å². The number of carbonyl (C=O) groups is 2. The molecule has 2 aromatic rings. The molecule has 1 heterocycles. The molecule has 0 saturated heterocycles. The van der Waals surface area contributed by atoms with Crippen LogP contribution >= 0.6 is 0 Å². The maximum absolute atomic E-state index is 12.6. The standard InChI is InChI=1S/C15H20N4O3/c1-5-19-13-7-6-11(8-12(13)16-17-19)15(21)18(10(2)3)9-14(20)22-4/h6-8,10H,5,9H2,1-4H3. The summed E-state index contributed by atoms with van der Waals surface area (Å²) >= 11 is 0. The molecule has 0 spiro atoms. The third-order valence-electron chi connectivity index (χ3n) is 3.47. The molecule has 0 radical (unpaired) electrons. The van der Waals surface area contributed by atoms with Crippen molar-refractivity contribution >= 4 is 22.9 Å². The smallest absolute Gasteiger partial charge is 0.325 e. The van der Waals surface area contributed by atoms with E-state index in [1.54, 1.807) is 16.8 Å². The largest absolute Gasteiger partial charge is 0.468 e. The zero-order chi connectivity index (χ0) is 16.3. The summed E-state index contributed by atoms with van der Waals surface area (Å²) in [6, 6.07) is 5.13. The van der Waals surface area contributed by atoms with E-state index in [0.717, 1.165) is 5.52 Å². The van der Waals surface area contributed by atoms with Crippen molar-refractivity contribution in [2.24, 2.45) is 0 Å². The van der Waals surface area contributed by atoms with E-state index >= 15 is 0 Å². The molecule has 1 aromatic heterocycles. The van der Waals surface area contributed by atoms with Crippen molar-refractivity contribution in [1.29, 1.82) is 0 Å². The van der Waals surface area contributed by atoms with Crippen LogP contribution in [0.1, 0.15) is 31.1 Å². The Bertz CT molecular complexity index is 693. The minimum absolute atomic E-state index is 0.0767. The average molecular weight is 304 g/mol. The van der Waals surface area contributed by atoms with Crippen molar-refractivity contribution in [3.63, 3.8) is 0 Å². The van der Waals surface area contributed by atoms with Crippen LogP contribution in [0.15, 0.2) is 18.2 Å². The third-order valence-corrected chi connectivity index (χ3v) is 3.47. The van der Waals surface area contributed by atoms with E-state index in [2.05, 4.69) is 15.0 Å². The number of amides is 1. The topological polar surface area (TPSA) is 77.3 Å². The fraction of sp³-hybridized carbons (Fsp3) is 0.467. The zero-order valence-electron chi connectivity index (χ0n) is 13.2. The normalized spacial score (nSPS) is 11.0. The summed E-state index contributed by atoms with van der Waals surface area (Å²) in [7, 11) is 1.31. The third kappa shape index (κ3) is 3.08. The lowest BCUT2D eigenvalue weighted by atomic mass is 10.1. The van der Waals surface area contributed by atoms with Gasteiger partial charge in [0.1, 0.15) is 12.1 Å². The molecule has 1 amide bonds. The van der Waals surface area contributed by atoms with Crippen LogP contribution < -0.4 is 0 Å². The summed E-state index contributed by atoms with van der Waals surface area (Å²) in [5.74, 6) is -0.673. The maximum Gasteiger partial charge on any atom is 0.325 e. The fourth-order valence-corrected chi connectivity index (χ4v) is 2.20. The van der Waals surface area contributed by atoms with Gasteiger partial charge in [0, 0.05) is 18.2 Å². The molecule has 118 valence electrons. The molecule has 0 aliphatic carbocycles. The van der Waals surface area contributed by atoms with Crippen LogP contribution in [0.2, 0.25) is 0 Å². The quantitative estimate of drug-likeness (QED) is 0.782. The second-order valence-electron chi connectivity index (χ2n) is 5.21. The lowest BCUT2D eigenvalue weighted by Crippen LogP contribution is -2.41. The van der Waals surface area contributed by atoms with Gasteiger partial charge in [0.2, 0.25) is 0 Å². The number of benzene rings is 1. The van der Waals surface area contributed by atoms with Gasteiger partial charge in [-0.3, -0.25) is 9.59 Å². The molecule has 0 unspecified atom stereocenters. The van der Waals surface area contributed by atoms with Crippen molar-refractivity contribution in [1.82, 2.24) is 19.9 Å². The van der Waals surface area contributed by atoms with Crippen LogP contribution in [0, 0.1) is 0 Å². The maximum atomic E-state index is 12.6. The minimum Gasteiger partial charge on any atom is -0.468 e. The zero-order valence-corrected chi connectivity index (χ0v) is 13.2. The van der Waals surface area contributed by atoms with Gasteiger partial charge in [0.25, 0.3) is 5.91 Å². The number of fused-ring (bicyclic) bond motifs is 1. The van der Waals surface area contributed by atoms with Gasteiger partial charge >= 0.3 is 5.97 Å². The molecule has 0 atom stereocenters. The molecule has 0 saturated carbocycles. The van der Waals surface area contributed by atoms with Crippen LogP contribution in [0.25, 0.3) is 11.0 Å². The van der Waals surface area contributed by atoms with Gasteiger partial charge in [0.15, 0.2) is 0 Å². The van der Waals surface area contributed by atoms with Gasteiger partial charge < -0.3 is 9.64 Å². The molecule has 0 N–H and O–H groups in total. The molecular formula is C15H20N4O3.